The Hall–Kier alpha value is 0.921. The number of hydrogen-bond acceptors (Lipinski definition) is 2. The second-order valence-corrected chi connectivity index (χ2v) is 3.29. The standard InChI is InChI=1S/C6H10BF3NO2.K/c8-7(9,10)1-2-11-3-5(4-11)6(12)13;/h5H,1-4H2,(H,12,13);/q-1;+1. The average Bonchev–Trinajstić information content (AvgIpc) is 1.79. The summed E-state index contributed by atoms with van der Waals surface area (Å²) in [4.78, 5) is 11.8. The Morgan fingerprint density at radius 3 is 2.29 bits per heavy atom. The molecule has 0 saturated carbocycles. The maximum absolute atomic E-state index is 11.8. The number of carboxylic acids is 1. The van der Waals surface area contributed by atoms with Crippen molar-refractivity contribution in [2.75, 3.05) is 19.6 Å². The van der Waals surface area contributed by atoms with Gasteiger partial charge in [-0.2, -0.15) is 0 Å². The molecule has 0 aromatic rings. The predicted molar refractivity (Wildman–Crippen MR) is 41.5 cm³/mol. The molecule has 0 bridgehead atoms. The quantitative estimate of drug-likeness (QED) is 0.565. The Morgan fingerprint density at radius 1 is 1.43 bits per heavy atom. The van der Waals surface area contributed by atoms with Crippen molar-refractivity contribution < 1.29 is 74.2 Å². The van der Waals surface area contributed by atoms with Crippen LogP contribution in [0, 0.1) is 5.92 Å². The molecule has 1 fully saturated rings. The van der Waals surface area contributed by atoms with E-state index < -0.39 is 25.2 Å². The molecule has 1 aliphatic heterocycles. The topological polar surface area (TPSA) is 40.5 Å². The van der Waals surface area contributed by atoms with Gasteiger partial charge in [0.1, 0.15) is 0 Å². The van der Waals surface area contributed by atoms with Gasteiger partial charge in [-0.25, -0.2) is 0 Å². The summed E-state index contributed by atoms with van der Waals surface area (Å²) in [6, 6.07) is 0. The molecule has 1 aliphatic rings. The minimum atomic E-state index is -4.73. The maximum atomic E-state index is 11.8. The van der Waals surface area contributed by atoms with Gasteiger partial charge in [0.15, 0.2) is 0 Å². The van der Waals surface area contributed by atoms with Crippen LogP contribution in [0.2, 0.25) is 6.32 Å². The number of aliphatic carboxylic acids is 1. The molecule has 0 atom stereocenters. The van der Waals surface area contributed by atoms with Gasteiger partial charge in [0, 0.05) is 13.1 Å². The Morgan fingerprint density at radius 2 is 1.93 bits per heavy atom. The van der Waals surface area contributed by atoms with Crippen LogP contribution in [0.4, 0.5) is 12.9 Å². The summed E-state index contributed by atoms with van der Waals surface area (Å²) in [5, 5.41) is 8.43. The Labute approximate surface area is 122 Å². The molecule has 1 saturated heterocycles. The van der Waals surface area contributed by atoms with Gasteiger partial charge in [0.25, 0.3) is 0 Å². The first kappa shape index (κ1) is 14.9. The second kappa shape index (κ2) is 5.86. The molecule has 14 heavy (non-hydrogen) atoms. The summed E-state index contributed by atoms with van der Waals surface area (Å²) in [5.41, 5.74) is 0. The van der Waals surface area contributed by atoms with Gasteiger partial charge in [-0.1, -0.05) is 6.32 Å². The normalized spacial score (nSPS) is 18.5. The third-order valence-electron chi connectivity index (χ3n) is 2.08. The predicted octanol–water partition coefficient (Wildman–Crippen LogP) is -2.15. The van der Waals surface area contributed by atoms with E-state index in [0.717, 1.165) is 0 Å². The molecule has 0 aliphatic carbocycles. The third-order valence-corrected chi connectivity index (χ3v) is 2.08. The fourth-order valence-corrected chi connectivity index (χ4v) is 1.24. The minimum absolute atomic E-state index is 0. The smallest absolute Gasteiger partial charge is 0.481 e. The van der Waals surface area contributed by atoms with Crippen molar-refractivity contribution in [2.24, 2.45) is 5.92 Å². The molecular formula is C6H10BF3KNO2. The number of likely N-dealkylation sites (tertiary alicyclic amines) is 1. The van der Waals surface area contributed by atoms with Crippen LogP contribution in [-0.2, 0) is 4.79 Å². The van der Waals surface area contributed by atoms with Gasteiger partial charge < -0.3 is 23.0 Å². The number of carbonyl (C=O) groups is 1. The first-order valence-corrected chi connectivity index (χ1v) is 4.04. The van der Waals surface area contributed by atoms with E-state index in [4.69, 9.17) is 5.11 Å². The summed E-state index contributed by atoms with van der Waals surface area (Å²) in [7, 11) is 0. The van der Waals surface area contributed by atoms with Crippen molar-refractivity contribution in [1.82, 2.24) is 4.90 Å². The van der Waals surface area contributed by atoms with Crippen molar-refractivity contribution in [3.05, 3.63) is 0 Å². The summed E-state index contributed by atoms with van der Waals surface area (Å²) >= 11 is 0. The number of carboxylic acid groups (broad SMARTS) is 1. The van der Waals surface area contributed by atoms with Crippen molar-refractivity contribution in [1.29, 1.82) is 0 Å². The van der Waals surface area contributed by atoms with Crippen molar-refractivity contribution in [2.45, 2.75) is 6.32 Å². The Kier molecular flexibility index (Phi) is 6.24. The van der Waals surface area contributed by atoms with E-state index in [9.17, 15) is 17.7 Å². The molecule has 0 unspecified atom stereocenters. The monoisotopic (exact) mass is 235 g/mol. The van der Waals surface area contributed by atoms with E-state index in [2.05, 4.69) is 0 Å². The van der Waals surface area contributed by atoms with Crippen molar-refractivity contribution >= 4 is 12.9 Å². The van der Waals surface area contributed by atoms with Crippen LogP contribution >= 0.6 is 0 Å². The fourth-order valence-electron chi connectivity index (χ4n) is 1.24. The molecule has 1 N–H and O–H groups in total. The Bertz CT molecular complexity index is 208. The molecule has 0 aromatic carbocycles. The van der Waals surface area contributed by atoms with Gasteiger partial charge in [0.05, 0.1) is 5.92 Å². The van der Waals surface area contributed by atoms with E-state index in [-0.39, 0.29) is 71.0 Å². The van der Waals surface area contributed by atoms with E-state index >= 15 is 0 Å². The largest absolute Gasteiger partial charge is 1.00 e. The summed E-state index contributed by atoms with van der Waals surface area (Å²) in [6.45, 7) is -4.29. The molecule has 3 nitrogen and oxygen atoms in total. The molecule has 76 valence electrons. The number of rotatable bonds is 4. The van der Waals surface area contributed by atoms with Crippen LogP contribution in [0.15, 0.2) is 0 Å². The third kappa shape index (κ3) is 5.13. The van der Waals surface area contributed by atoms with Crippen LogP contribution in [0.1, 0.15) is 0 Å². The van der Waals surface area contributed by atoms with Crippen LogP contribution in [0.3, 0.4) is 0 Å². The molecule has 0 radical (unpaired) electrons. The molecule has 0 amide bonds. The van der Waals surface area contributed by atoms with Gasteiger partial charge in [-0.3, -0.25) is 4.79 Å². The summed E-state index contributed by atoms with van der Waals surface area (Å²) in [6.07, 6.45) is -0.799. The fraction of sp³-hybridized carbons (Fsp3) is 0.833. The number of hydrogen-bond donors (Lipinski definition) is 1. The number of halogens is 3. The average molecular weight is 235 g/mol. The van der Waals surface area contributed by atoms with E-state index in [1.54, 1.807) is 0 Å². The Balaban J connectivity index is 0.00000169. The van der Waals surface area contributed by atoms with Gasteiger partial charge in [-0.15, -0.1) is 0 Å². The molecule has 0 aromatic heterocycles. The van der Waals surface area contributed by atoms with Gasteiger partial charge >= 0.3 is 64.3 Å². The van der Waals surface area contributed by atoms with Crippen molar-refractivity contribution in [3.63, 3.8) is 0 Å². The maximum Gasteiger partial charge on any atom is 1.00 e. The van der Waals surface area contributed by atoms with E-state index in [0.29, 0.717) is 0 Å². The first-order valence-electron chi connectivity index (χ1n) is 4.04. The van der Waals surface area contributed by atoms with Crippen LogP contribution in [-0.4, -0.2) is 42.6 Å². The molecule has 1 rings (SSSR count). The first-order chi connectivity index (χ1) is 5.88. The van der Waals surface area contributed by atoms with E-state index in [1.807, 2.05) is 0 Å². The summed E-state index contributed by atoms with van der Waals surface area (Å²) < 4.78 is 35.3. The van der Waals surface area contributed by atoms with Gasteiger partial charge in [-0.05, 0) is 6.54 Å². The molecule has 0 spiro atoms. The second-order valence-electron chi connectivity index (χ2n) is 3.29. The van der Waals surface area contributed by atoms with Crippen molar-refractivity contribution in [3.8, 4) is 0 Å². The zero-order valence-electron chi connectivity index (χ0n) is 7.92. The molecular weight excluding hydrogens is 225 g/mol. The minimum Gasteiger partial charge on any atom is -0.481 e. The van der Waals surface area contributed by atoms with Gasteiger partial charge in [0.2, 0.25) is 0 Å². The zero-order chi connectivity index (χ0) is 10.1. The zero-order valence-corrected chi connectivity index (χ0v) is 11.0. The SMILES string of the molecule is O=C(O)C1CN(CC[B-](F)(F)F)C1.[K+]. The molecule has 8 heteroatoms. The summed E-state index contributed by atoms with van der Waals surface area (Å²) in [5.74, 6) is -1.39. The van der Waals surface area contributed by atoms with Crippen LogP contribution in [0.25, 0.3) is 0 Å². The van der Waals surface area contributed by atoms with Crippen LogP contribution in [0.5, 0.6) is 0 Å². The number of nitrogens with zero attached hydrogens (tertiary/aromatic N) is 1. The van der Waals surface area contributed by atoms with Crippen LogP contribution < -0.4 is 51.4 Å². The van der Waals surface area contributed by atoms with E-state index in [1.165, 1.54) is 4.90 Å². The molecule has 1 heterocycles.